The van der Waals surface area contributed by atoms with Crippen molar-refractivity contribution < 1.29 is 9.47 Å². The van der Waals surface area contributed by atoms with Gasteiger partial charge in [-0.1, -0.05) is 13.8 Å². The predicted molar refractivity (Wildman–Crippen MR) is 75.0 cm³/mol. The second-order valence-corrected chi connectivity index (χ2v) is 7.40. The third-order valence-corrected chi connectivity index (χ3v) is 5.64. The fourth-order valence-electron chi connectivity index (χ4n) is 4.58. The minimum atomic E-state index is -0.106. The van der Waals surface area contributed by atoms with Crippen LogP contribution in [0.5, 0.6) is 0 Å². The molecule has 2 saturated heterocycles. The van der Waals surface area contributed by atoms with Crippen molar-refractivity contribution in [2.45, 2.75) is 58.0 Å². The highest BCUT2D eigenvalue weighted by Gasteiger charge is 2.67. The molecule has 0 aromatic carbocycles. The summed E-state index contributed by atoms with van der Waals surface area (Å²) in [6.07, 6.45) is 2.12. The van der Waals surface area contributed by atoms with Gasteiger partial charge in [-0.2, -0.15) is 0 Å². The Morgan fingerprint density at radius 3 is 2.47 bits per heavy atom. The van der Waals surface area contributed by atoms with Gasteiger partial charge in [0.15, 0.2) is 0 Å². The summed E-state index contributed by atoms with van der Waals surface area (Å²) in [7, 11) is 0. The fraction of sp³-hybridized carbons (Fsp3) is 1.00. The van der Waals surface area contributed by atoms with Crippen molar-refractivity contribution in [3.63, 3.8) is 0 Å². The number of nitrogens with zero attached hydrogens (tertiary/aromatic N) is 1. The number of hydrogen-bond acceptors (Lipinski definition) is 4. The highest BCUT2D eigenvalue weighted by atomic mass is 16.5. The van der Waals surface area contributed by atoms with E-state index in [0.717, 1.165) is 32.7 Å². The van der Waals surface area contributed by atoms with Gasteiger partial charge in [0.05, 0.1) is 18.3 Å². The number of ether oxygens (including phenoxy) is 2. The van der Waals surface area contributed by atoms with Gasteiger partial charge in [0.25, 0.3) is 0 Å². The zero-order valence-corrected chi connectivity index (χ0v) is 12.7. The van der Waals surface area contributed by atoms with Crippen LogP contribution in [0.3, 0.4) is 0 Å². The first-order chi connectivity index (χ1) is 8.84. The highest BCUT2D eigenvalue weighted by Crippen LogP contribution is 2.58. The third-order valence-electron chi connectivity index (χ3n) is 5.64. The molecule has 5 atom stereocenters. The summed E-state index contributed by atoms with van der Waals surface area (Å²) in [4.78, 5) is 2.50. The molecule has 4 nitrogen and oxygen atoms in total. The summed E-state index contributed by atoms with van der Waals surface area (Å²) in [6.45, 7) is 12.7. The van der Waals surface area contributed by atoms with Gasteiger partial charge in [0.1, 0.15) is 0 Å². The van der Waals surface area contributed by atoms with Crippen molar-refractivity contribution in [2.24, 2.45) is 17.1 Å². The molecule has 1 aliphatic carbocycles. The lowest BCUT2D eigenvalue weighted by atomic mass is 9.48. The van der Waals surface area contributed by atoms with Gasteiger partial charge in [-0.25, -0.2) is 0 Å². The maximum atomic E-state index is 6.83. The van der Waals surface area contributed by atoms with E-state index >= 15 is 0 Å². The Bertz CT molecular complexity index is 350. The highest BCUT2D eigenvalue weighted by molar-refractivity contribution is 5.21. The summed E-state index contributed by atoms with van der Waals surface area (Å²) >= 11 is 0. The SMILES string of the molecule is C[C@@H]1CN(CC2(N)C3CCOC3C2(C)C)C[C@H](C)O1. The van der Waals surface area contributed by atoms with Crippen LogP contribution in [-0.2, 0) is 9.47 Å². The molecule has 19 heavy (non-hydrogen) atoms. The van der Waals surface area contributed by atoms with Crippen LogP contribution < -0.4 is 5.73 Å². The van der Waals surface area contributed by atoms with Crippen LogP contribution in [0, 0.1) is 11.3 Å². The molecule has 0 bridgehead atoms. The Labute approximate surface area is 116 Å². The molecule has 0 spiro atoms. The maximum Gasteiger partial charge on any atom is 0.0691 e. The number of rotatable bonds is 2. The molecular weight excluding hydrogens is 240 g/mol. The smallest absolute Gasteiger partial charge is 0.0691 e. The van der Waals surface area contributed by atoms with Crippen LogP contribution in [0.25, 0.3) is 0 Å². The Kier molecular flexibility index (Phi) is 3.21. The van der Waals surface area contributed by atoms with Crippen LogP contribution in [0.15, 0.2) is 0 Å². The maximum absolute atomic E-state index is 6.83. The normalized spacial score (nSPS) is 49.7. The van der Waals surface area contributed by atoms with Crippen molar-refractivity contribution in [2.75, 3.05) is 26.2 Å². The van der Waals surface area contributed by atoms with Crippen molar-refractivity contribution >= 4 is 0 Å². The van der Waals surface area contributed by atoms with Crippen molar-refractivity contribution in [1.82, 2.24) is 4.90 Å². The first-order valence-electron chi connectivity index (χ1n) is 7.63. The molecule has 110 valence electrons. The van der Waals surface area contributed by atoms with Crippen molar-refractivity contribution in [1.29, 1.82) is 0 Å². The average molecular weight is 268 g/mol. The van der Waals surface area contributed by atoms with Gasteiger partial charge in [-0.15, -0.1) is 0 Å². The third kappa shape index (κ3) is 1.96. The first-order valence-corrected chi connectivity index (χ1v) is 7.63. The van der Waals surface area contributed by atoms with E-state index in [-0.39, 0.29) is 11.0 Å². The van der Waals surface area contributed by atoms with Crippen LogP contribution >= 0.6 is 0 Å². The van der Waals surface area contributed by atoms with Gasteiger partial charge >= 0.3 is 0 Å². The Balaban J connectivity index is 1.71. The van der Waals surface area contributed by atoms with Crippen molar-refractivity contribution in [3.8, 4) is 0 Å². The van der Waals surface area contributed by atoms with Crippen LogP contribution in [0.4, 0.5) is 0 Å². The summed E-state index contributed by atoms with van der Waals surface area (Å²) < 4.78 is 11.7. The molecule has 0 aromatic heterocycles. The lowest BCUT2D eigenvalue weighted by Gasteiger charge is -2.63. The van der Waals surface area contributed by atoms with Gasteiger partial charge in [-0.3, -0.25) is 4.90 Å². The van der Waals surface area contributed by atoms with Gasteiger partial charge in [0, 0.05) is 43.1 Å². The Morgan fingerprint density at radius 1 is 1.21 bits per heavy atom. The molecule has 3 unspecified atom stereocenters. The molecule has 2 N–H and O–H groups in total. The molecule has 3 rings (SSSR count). The minimum absolute atomic E-state index is 0.0823. The molecule has 2 heterocycles. The number of hydrogen-bond donors (Lipinski definition) is 1. The average Bonchev–Trinajstić information content (AvgIpc) is 2.74. The predicted octanol–water partition coefficient (Wildman–Crippen LogP) is 1.24. The summed E-state index contributed by atoms with van der Waals surface area (Å²) in [5.41, 5.74) is 6.80. The van der Waals surface area contributed by atoms with Crippen LogP contribution in [0.2, 0.25) is 0 Å². The first kappa shape index (κ1) is 13.8. The van der Waals surface area contributed by atoms with Gasteiger partial charge in [0.2, 0.25) is 0 Å². The molecule has 2 aliphatic heterocycles. The number of fused-ring (bicyclic) bond motifs is 1. The van der Waals surface area contributed by atoms with E-state index in [1.807, 2.05) is 0 Å². The lowest BCUT2D eigenvalue weighted by Crippen LogP contribution is -2.78. The second-order valence-electron chi connectivity index (χ2n) is 7.40. The zero-order valence-electron chi connectivity index (χ0n) is 12.7. The molecule has 3 fully saturated rings. The summed E-state index contributed by atoms with van der Waals surface area (Å²) in [5.74, 6) is 0.538. The van der Waals surface area contributed by atoms with E-state index in [2.05, 4.69) is 32.6 Å². The van der Waals surface area contributed by atoms with E-state index in [4.69, 9.17) is 15.2 Å². The number of morpholine rings is 1. The van der Waals surface area contributed by atoms with E-state index < -0.39 is 0 Å². The summed E-state index contributed by atoms with van der Waals surface area (Å²) in [6, 6.07) is 0. The monoisotopic (exact) mass is 268 g/mol. The van der Waals surface area contributed by atoms with Crippen LogP contribution in [0.1, 0.15) is 34.1 Å². The quantitative estimate of drug-likeness (QED) is 0.818. The van der Waals surface area contributed by atoms with Gasteiger partial charge in [-0.05, 0) is 20.3 Å². The van der Waals surface area contributed by atoms with Crippen molar-refractivity contribution in [3.05, 3.63) is 0 Å². The van der Waals surface area contributed by atoms with Crippen LogP contribution in [-0.4, -0.2) is 55.0 Å². The van der Waals surface area contributed by atoms with E-state index in [0.29, 0.717) is 24.2 Å². The molecule has 0 amide bonds. The molecule has 4 heteroatoms. The molecule has 0 radical (unpaired) electrons. The van der Waals surface area contributed by atoms with Gasteiger partial charge < -0.3 is 15.2 Å². The van der Waals surface area contributed by atoms with E-state index in [1.165, 1.54) is 0 Å². The number of nitrogens with two attached hydrogens (primary N) is 1. The topological polar surface area (TPSA) is 47.7 Å². The Morgan fingerprint density at radius 2 is 1.84 bits per heavy atom. The lowest BCUT2D eigenvalue weighted by molar-refractivity contribution is -0.172. The minimum Gasteiger partial charge on any atom is -0.377 e. The second kappa shape index (κ2) is 4.42. The zero-order chi connectivity index (χ0) is 13.8. The largest absolute Gasteiger partial charge is 0.377 e. The Hall–Kier alpha value is -0.160. The van der Waals surface area contributed by atoms with E-state index in [9.17, 15) is 0 Å². The standard InChI is InChI=1S/C15H28N2O2/c1-10-7-17(8-11(2)19-10)9-15(16)12-5-6-18-13(12)14(15,3)4/h10-13H,5-9,16H2,1-4H3/t10-,11+,12?,13?,15?. The van der Waals surface area contributed by atoms with E-state index in [1.54, 1.807) is 0 Å². The molecule has 1 saturated carbocycles. The fourth-order valence-corrected chi connectivity index (χ4v) is 4.58. The molecule has 3 aliphatic rings. The molecular formula is C15H28N2O2. The summed E-state index contributed by atoms with van der Waals surface area (Å²) in [5, 5.41) is 0. The molecule has 0 aromatic rings.